The van der Waals surface area contributed by atoms with Crippen molar-refractivity contribution in [3.05, 3.63) is 33.0 Å². The van der Waals surface area contributed by atoms with Gasteiger partial charge in [-0.05, 0) is 11.4 Å². The molecular formula is C12H11N3O2S2. The van der Waals surface area contributed by atoms with Crippen molar-refractivity contribution in [2.45, 2.75) is 12.3 Å². The molecule has 0 bridgehead atoms. The highest BCUT2D eigenvalue weighted by atomic mass is 32.2. The lowest BCUT2D eigenvalue weighted by atomic mass is 9.93. The van der Waals surface area contributed by atoms with Gasteiger partial charge < -0.3 is 11.1 Å². The second kappa shape index (κ2) is 5.91. The maximum atomic E-state index is 11.7. The maximum absolute atomic E-state index is 11.7. The van der Waals surface area contributed by atoms with Gasteiger partial charge in [0.2, 0.25) is 11.8 Å². The van der Waals surface area contributed by atoms with E-state index >= 15 is 0 Å². The Bertz CT molecular complexity index is 572. The van der Waals surface area contributed by atoms with Crippen LogP contribution in [0.2, 0.25) is 0 Å². The van der Waals surface area contributed by atoms with Gasteiger partial charge in [0.1, 0.15) is 0 Å². The number of carbonyl (C=O) groups excluding carboxylic acids is 2. The molecule has 0 radical (unpaired) electrons. The summed E-state index contributed by atoms with van der Waals surface area (Å²) in [5.41, 5.74) is 5.58. The molecule has 1 aromatic heterocycles. The van der Waals surface area contributed by atoms with Crippen LogP contribution < -0.4 is 11.1 Å². The zero-order valence-corrected chi connectivity index (χ0v) is 11.5. The molecule has 2 rings (SSSR count). The quantitative estimate of drug-likeness (QED) is 0.874. The zero-order valence-electron chi connectivity index (χ0n) is 9.88. The van der Waals surface area contributed by atoms with Crippen LogP contribution >= 0.6 is 23.1 Å². The van der Waals surface area contributed by atoms with Gasteiger partial charge >= 0.3 is 0 Å². The lowest BCUT2D eigenvalue weighted by molar-refractivity contribution is -0.121. The number of allylic oxidation sites excluding steroid dienone is 1. The van der Waals surface area contributed by atoms with Gasteiger partial charge in [0.25, 0.3) is 0 Å². The smallest absolute Gasteiger partial charge is 0.227 e. The summed E-state index contributed by atoms with van der Waals surface area (Å²) in [5, 5.41) is 14.3. The number of thioether (sulfide) groups is 1. The number of carbonyl (C=O) groups is 2. The first-order chi connectivity index (χ1) is 9.11. The molecule has 0 unspecified atom stereocenters. The molecule has 0 saturated heterocycles. The Labute approximate surface area is 118 Å². The number of rotatable bonds is 4. The third-order valence-corrected chi connectivity index (χ3v) is 4.63. The van der Waals surface area contributed by atoms with Gasteiger partial charge in [-0.25, -0.2) is 0 Å². The predicted octanol–water partition coefficient (Wildman–Crippen LogP) is 1.31. The van der Waals surface area contributed by atoms with Crippen LogP contribution in [0.15, 0.2) is 28.1 Å². The molecule has 0 saturated carbocycles. The summed E-state index contributed by atoms with van der Waals surface area (Å²) in [7, 11) is 0. The monoisotopic (exact) mass is 293 g/mol. The molecule has 1 atom stereocenters. The van der Waals surface area contributed by atoms with Crippen LogP contribution in [0.4, 0.5) is 0 Å². The highest BCUT2D eigenvalue weighted by molar-refractivity contribution is 8.03. The van der Waals surface area contributed by atoms with E-state index in [0.717, 1.165) is 16.6 Å². The summed E-state index contributed by atoms with van der Waals surface area (Å²) in [6, 6.07) is 5.93. The SMILES string of the molecule is N#CC1=C(SCC(N)=O)NC(=O)C[C@H]1c1cccs1. The summed E-state index contributed by atoms with van der Waals surface area (Å²) in [4.78, 5) is 23.5. The van der Waals surface area contributed by atoms with E-state index in [0.29, 0.717) is 10.6 Å². The molecule has 0 fully saturated rings. The topological polar surface area (TPSA) is 96.0 Å². The Morgan fingerprint density at radius 3 is 3.05 bits per heavy atom. The second-order valence-electron chi connectivity index (χ2n) is 3.93. The molecule has 7 heteroatoms. The summed E-state index contributed by atoms with van der Waals surface area (Å²) in [5.74, 6) is -0.821. The maximum Gasteiger partial charge on any atom is 0.227 e. The van der Waals surface area contributed by atoms with Gasteiger partial charge in [-0.2, -0.15) is 5.26 Å². The molecule has 1 aliphatic rings. The molecule has 5 nitrogen and oxygen atoms in total. The van der Waals surface area contributed by atoms with Crippen molar-refractivity contribution in [3.8, 4) is 6.07 Å². The summed E-state index contributed by atoms with van der Waals surface area (Å²) in [6.07, 6.45) is 0.254. The molecule has 0 spiro atoms. The number of primary amides is 1. The van der Waals surface area contributed by atoms with Gasteiger partial charge in [0, 0.05) is 17.2 Å². The van der Waals surface area contributed by atoms with E-state index in [1.165, 1.54) is 11.3 Å². The Balaban J connectivity index is 2.33. The van der Waals surface area contributed by atoms with Crippen LogP contribution in [0.1, 0.15) is 17.2 Å². The molecule has 2 heterocycles. The van der Waals surface area contributed by atoms with Gasteiger partial charge in [0.05, 0.1) is 22.4 Å². The molecule has 3 N–H and O–H groups in total. The number of hydrogen-bond donors (Lipinski definition) is 2. The largest absolute Gasteiger partial charge is 0.369 e. The molecule has 0 aromatic carbocycles. The third-order valence-electron chi connectivity index (χ3n) is 2.60. The van der Waals surface area contributed by atoms with Crippen LogP contribution in [0.3, 0.4) is 0 Å². The molecule has 19 heavy (non-hydrogen) atoms. The molecule has 2 amide bonds. The lowest BCUT2D eigenvalue weighted by Gasteiger charge is -2.23. The first-order valence-electron chi connectivity index (χ1n) is 5.50. The third kappa shape index (κ3) is 3.16. The van der Waals surface area contributed by atoms with E-state index in [1.807, 2.05) is 17.5 Å². The number of nitriles is 1. The number of nitrogens with two attached hydrogens (primary N) is 1. The zero-order chi connectivity index (χ0) is 13.8. The van der Waals surface area contributed by atoms with Crippen molar-refractivity contribution in [2.24, 2.45) is 5.73 Å². The lowest BCUT2D eigenvalue weighted by Crippen LogP contribution is -2.31. The second-order valence-corrected chi connectivity index (χ2v) is 5.89. The van der Waals surface area contributed by atoms with E-state index < -0.39 is 5.91 Å². The fourth-order valence-corrected chi connectivity index (χ4v) is 3.46. The van der Waals surface area contributed by atoms with E-state index in [4.69, 9.17) is 5.73 Å². The molecule has 98 valence electrons. The number of thiophene rings is 1. The predicted molar refractivity (Wildman–Crippen MR) is 74.1 cm³/mol. The number of nitrogens with one attached hydrogen (secondary N) is 1. The van der Waals surface area contributed by atoms with Crippen LogP contribution in [-0.4, -0.2) is 17.6 Å². The Kier molecular flexibility index (Phi) is 4.24. The average molecular weight is 293 g/mol. The number of amides is 2. The minimum absolute atomic E-state index is 0.0396. The first kappa shape index (κ1) is 13.6. The van der Waals surface area contributed by atoms with Crippen LogP contribution in [0, 0.1) is 11.3 Å². The average Bonchev–Trinajstić information content (AvgIpc) is 2.89. The van der Waals surface area contributed by atoms with Gasteiger partial charge in [-0.15, -0.1) is 11.3 Å². The highest BCUT2D eigenvalue weighted by Crippen LogP contribution is 2.37. The highest BCUT2D eigenvalue weighted by Gasteiger charge is 2.30. The van der Waals surface area contributed by atoms with Crippen LogP contribution in [0.25, 0.3) is 0 Å². The molecular weight excluding hydrogens is 282 g/mol. The minimum atomic E-state index is -0.484. The first-order valence-corrected chi connectivity index (χ1v) is 7.37. The van der Waals surface area contributed by atoms with Gasteiger partial charge in [-0.1, -0.05) is 17.8 Å². The summed E-state index contributed by atoms with van der Waals surface area (Å²) < 4.78 is 0. The molecule has 1 aliphatic heterocycles. The molecule has 1 aromatic rings. The Morgan fingerprint density at radius 2 is 2.47 bits per heavy atom. The fourth-order valence-electron chi connectivity index (χ4n) is 1.81. The van der Waals surface area contributed by atoms with E-state index in [2.05, 4.69) is 11.4 Å². The van der Waals surface area contributed by atoms with E-state index in [1.54, 1.807) is 0 Å². The number of hydrogen-bond acceptors (Lipinski definition) is 5. The van der Waals surface area contributed by atoms with Crippen molar-refractivity contribution >= 4 is 34.9 Å². The summed E-state index contributed by atoms with van der Waals surface area (Å²) in [6.45, 7) is 0. The van der Waals surface area contributed by atoms with Crippen LogP contribution in [-0.2, 0) is 9.59 Å². The normalized spacial score (nSPS) is 18.9. The van der Waals surface area contributed by atoms with Crippen molar-refractivity contribution in [2.75, 3.05) is 5.75 Å². The Morgan fingerprint density at radius 1 is 1.68 bits per heavy atom. The van der Waals surface area contributed by atoms with Crippen molar-refractivity contribution in [1.29, 1.82) is 5.26 Å². The van der Waals surface area contributed by atoms with Gasteiger partial charge in [0.15, 0.2) is 0 Å². The van der Waals surface area contributed by atoms with Crippen molar-refractivity contribution in [1.82, 2.24) is 5.32 Å². The van der Waals surface area contributed by atoms with E-state index in [9.17, 15) is 14.9 Å². The van der Waals surface area contributed by atoms with Gasteiger partial charge in [-0.3, -0.25) is 9.59 Å². The molecule has 0 aliphatic carbocycles. The number of nitrogens with zero attached hydrogens (tertiary/aromatic N) is 1. The van der Waals surface area contributed by atoms with Crippen molar-refractivity contribution in [3.63, 3.8) is 0 Å². The van der Waals surface area contributed by atoms with E-state index in [-0.39, 0.29) is 24.0 Å². The fraction of sp³-hybridized carbons (Fsp3) is 0.250. The van der Waals surface area contributed by atoms with Crippen LogP contribution in [0.5, 0.6) is 0 Å². The minimum Gasteiger partial charge on any atom is -0.369 e. The summed E-state index contributed by atoms with van der Waals surface area (Å²) >= 11 is 2.61. The standard InChI is InChI=1S/C12H11N3O2S2/c13-5-8-7(9-2-1-3-18-9)4-11(17)15-12(8)19-6-10(14)16/h1-3,7H,4,6H2,(H2,14,16)(H,15,17)/t7-/m1/s1. The van der Waals surface area contributed by atoms with Crippen molar-refractivity contribution < 1.29 is 9.59 Å². The Hall–Kier alpha value is -1.78.